The first kappa shape index (κ1) is 29.7. The molecule has 0 atom stereocenters. The molecule has 0 amide bonds. The third-order valence-electron chi connectivity index (χ3n) is 5.29. The average molecular weight is 470 g/mol. The maximum atomic E-state index is 3.53. The number of allylic oxidation sites excluding steroid dienone is 4. The molecular weight excluding hydrogens is 442 g/mol. The normalized spacial score (nSPS) is 13.0. The Morgan fingerprint density at radius 2 is 1.21 bits per heavy atom. The Labute approximate surface area is 204 Å². The van der Waals surface area contributed by atoms with Gasteiger partial charge in [0.2, 0.25) is 0 Å². The molecule has 0 unspecified atom stereocenters. The van der Waals surface area contributed by atoms with Crippen LogP contribution in [0.5, 0.6) is 0 Å². The van der Waals surface area contributed by atoms with Crippen LogP contribution in [0.15, 0.2) is 77.9 Å². The van der Waals surface area contributed by atoms with Crippen LogP contribution < -0.4 is 37.2 Å². The van der Waals surface area contributed by atoms with Gasteiger partial charge in [-0.2, -0.15) is 11.6 Å². The van der Waals surface area contributed by atoms with E-state index in [0.717, 1.165) is 12.8 Å². The molecule has 0 spiro atoms. The van der Waals surface area contributed by atoms with Crippen molar-refractivity contribution in [2.75, 3.05) is 0 Å². The zero-order valence-corrected chi connectivity index (χ0v) is 20.7. The minimum Gasteiger partial charge on any atom is -1.00 e. The topological polar surface area (TPSA) is 0 Å². The minimum atomic E-state index is -0.138. The van der Waals surface area contributed by atoms with Gasteiger partial charge in [0, 0.05) is 0 Å². The quantitative estimate of drug-likeness (QED) is 0.343. The van der Waals surface area contributed by atoms with Crippen LogP contribution in [-0.4, -0.2) is 0 Å². The van der Waals surface area contributed by atoms with Crippen LogP contribution >= 0.6 is 0 Å². The first-order valence-corrected chi connectivity index (χ1v) is 8.93. The molecule has 0 N–H and O–H groups in total. The molecule has 0 radical (unpaired) electrons. The third kappa shape index (κ3) is 5.16. The Bertz CT molecular complexity index is 720. The summed E-state index contributed by atoms with van der Waals surface area (Å²) in [7, 11) is 0. The van der Waals surface area contributed by atoms with E-state index in [-0.39, 0.29) is 69.8 Å². The number of benzene rings is 2. The second-order valence-corrected chi connectivity index (χ2v) is 7.60. The van der Waals surface area contributed by atoms with Crippen molar-refractivity contribution in [3.8, 4) is 0 Å². The molecule has 0 saturated heterocycles. The molecular formula is C24H27Cl3Ti. The van der Waals surface area contributed by atoms with Gasteiger partial charge in [0.1, 0.15) is 0 Å². The molecule has 4 heteroatoms. The largest absolute Gasteiger partial charge is 4.00 e. The average Bonchev–Trinajstić information content (AvgIpc) is 3.05. The van der Waals surface area contributed by atoms with E-state index in [0.29, 0.717) is 0 Å². The van der Waals surface area contributed by atoms with Crippen molar-refractivity contribution in [3.63, 3.8) is 0 Å². The number of hydrogen-bond donors (Lipinski definition) is 0. The summed E-state index contributed by atoms with van der Waals surface area (Å²) < 4.78 is 0. The van der Waals surface area contributed by atoms with Gasteiger partial charge in [0.25, 0.3) is 0 Å². The molecule has 1 aliphatic carbocycles. The second kappa shape index (κ2) is 12.3. The molecule has 1 aliphatic rings. The van der Waals surface area contributed by atoms with Crippen molar-refractivity contribution in [2.24, 2.45) is 5.41 Å². The molecule has 0 heterocycles. The molecule has 3 rings (SSSR count). The first-order chi connectivity index (χ1) is 11.5. The Balaban J connectivity index is 0. The third-order valence-corrected chi connectivity index (χ3v) is 5.29. The van der Waals surface area contributed by atoms with Gasteiger partial charge in [-0.05, 0) is 22.0 Å². The number of rotatable bonds is 4. The van der Waals surface area contributed by atoms with Gasteiger partial charge in [0.15, 0.2) is 0 Å². The SMILES string of the molecule is CCC1=C(C(c2ccccc2)(c2ccccc2)C(C)(C)C)CC=[C-]1.[Cl-].[Cl-].[Cl-].[Ti+4]. The molecule has 0 saturated carbocycles. The summed E-state index contributed by atoms with van der Waals surface area (Å²) in [6, 6.07) is 22.0. The van der Waals surface area contributed by atoms with E-state index in [1.165, 1.54) is 22.3 Å². The van der Waals surface area contributed by atoms with Crippen LogP contribution in [0.1, 0.15) is 51.7 Å². The van der Waals surface area contributed by atoms with Crippen molar-refractivity contribution < 1.29 is 58.9 Å². The van der Waals surface area contributed by atoms with Crippen molar-refractivity contribution in [3.05, 3.63) is 95.1 Å². The number of halogens is 3. The summed E-state index contributed by atoms with van der Waals surface area (Å²) in [6.45, 7) is 9.34. The van der Waals surface area contributed by atoms with Crippen molar-refractivity contribution >= 4 is 0 Å². The molecule has 28 heavy (non-hydrogen) atoms. The summed E-state index contributed by atoms with van der Waals surface area (Å²) in [6.07, 6.45) is 7.76. The van der Waals surface area contributed by atoms with Crippen molar-refractivity contribution in [1.82, 2.24) is 0 Å². The van der Waals surface area contributed by atoms with Gasteiger partial charge in [-0.1, -0.05) is 101 Å². The Morgan fingerprint density at radius 1 is 0.786 bits per heavy atom. The van der Waals surface area contributed by atoms with Crippen LogP contribution in [0.2, 0.25) is 0 Å². The maximum Gasteiger partial charge on any atom is 4.00 e. The molecule has 0 fully saturated rings. The second-order valence-electron chi connectivity index (χ2n) is 7.60. The van der Waals surface area contributed by atoms with E-state index < -0.39 is 0 Å². The van der Waals surface area contributed by atoms with E-state index >= 15 is 0 Å². The van der Waals surface area contributed by atoms with Gasteiger partial charge in [0.05, 0.1) is 0 Å². The monoisotopic (exact) mass is 468 g/mol. The Kier molecular flexibility index (Phi) is 13.0. The van der Waals surface area contributed by atoms with E-state index in [9.17, 15) is 0 Å². The van der Waals surface area contributed by atoms with Crippen LogP contribution in [-0.2, 0) is 27.1 Å². The van der Waals surface area contributed by atoms with E-state index in [2.05, 4.69) is 101 Å². The summed E-state index contributed by atoms with van der Waals surface area (Å²) >= 11 is 0. The zero-order chi connectivity index (χ0) is 17.2. The maximum absolute atomic E-state index is 3.53. The summed E-state index contributed by atoms with van der Waals surface area (Å²) in [5.74, 6) is 0. The molecule has 0 bridgehead atoms. The summed E-state index contributed by atoms with van der Waals surface area (Å²) in [5, 5.41) is 0. The Hall–Kier alpha value is -0.496. The molecule has 2 aromatic rings. The molecule has 2 aromatic carbocycles. The zero-order valence-electron chi connectivity index (χ0n) is 16.9. The molecule has 0 aliphatic heterocycles. The van der Waals surface area contributed by atoms with Crippen molar-refractivity contribution in [2.45, 2.75) is 46.0 Å². The van der Waals surface area contributed by atoms with E-state index in [4.69, 9.17) is 0 Å². The first-order valence-electron chi connectivity index (χ1n) is 8.93. The van der Waals surface area contributed by atoms with E-state index in [1.54, 1.807) is 0 Å². The number of hydrogen-bond acceptors (Lipinski definition) is 0. The predicted molar refractivity (Wildman–Crippen MR) is 103 cm³/mol. The summed E-state index contributed by atoms with van der Waals surface area (Å²) in [5.41, 5.74) is 5.54. The van der Waals surface area contributed by atoms with Crippen LogP contribution in [0, 0.1) is 11.5 Å². The van der Waals surface area contributed by atoms with Gasteiger partial charge in [-0.3, -0.25) is 6.08 Å². The molecule has 0 aromatic heterocycles. The van der Waals surface area contributed by atoms with Gasteiger partial charge < -0.3 is 37.2 Å². The minimum absolute atomic E-state index is 0. The van der Waals surface area contributed by atoms with Crippen molar-refractivity contribution in [1.29, 1.82) is 0 Å². The fourth-order valence-electron chi connectivity index (χ4n) is 4.39. The molecule has 0 nitrogen and oxygen atoms in total. The smallest absolute Gasteiger partial charge is 1.00 e. The van der Waals surface area contributed by atoms with Gasteiger partial charge >= 0.3 is 21.7 Å². The Morgan fingerprint density at radius 3 is 1.57 bits per heavy atom. The predicted octanol–water partition coefficient (Wildman–Crippen LogP) is -2.50. The summed E-state index contributed by atoms with van der Waals surface area (Å²) in [4.78, 5) is 0. The fraction of sp³-hybridized carbons (Fsp3) is 0.333. The fourth-order valence-corrected chi connectivity index (χ4v) is 4.39. The van der Waals surface area contributed by atoms with Gasteiger partial charge in [-0.15, -0.1) is 0 Å². The van der Waals surface area contributed by atoms with E-state index in [1.807, 2.05) is 0 Å². The van der Waals surface area contributed by atoms with Crippen LogP contribution in [0.4, 0.5) is 0 Å². The van der Waals surface area contributed by atoms with Crippen LogP contribution in [0.25, 0.3) is 0 Å². The van der Waals surface area contributed by atoms with Gasteiger partial charge in [-0.25, -0.2) is 5.57 Å². The standard InChI is InChI=1S/C24H27.3ClH.Ti/c1-5-19-13-12-18-22(19)24(23(2,3)4,20-14-8-6-9-15-20)21-16-10-7-11-17-21;;;;/h6-12,14-17H,5,18H2,1-4H3;3*1H;/q-1;;;;+4/p-3. The van der Waals surface area contributed by atoms with Crippen LogP contribution in [0.3, 0.4) is 0 Å². The molecule has 148 valence electrons.